The number of Topliss-reactive ketones (excluding diaryl/α,β-unsaturated/α-hetero) is 1. The van der Waals surface area contributed by atoms with Crippen LogP contribution in [0.3, 0.4) is 0 Å². The molecule has 0 unspecified atom stereocenters. The second-order valence-electron chi connectivity index (χ2n) is 23.5. The Morgan fingerprint density at radius 2 is 0.980 bits per heavy atom. The Morgan fingerprint density at radius 3 is 1.41 bits per heavy atom. The summed E-state index contributed by atoms with van der Waals surface area (Å²) in [4.78, 5) is 96.5. The average Bonchev–Trinajstić information content (AvgIpc) is 1.23. The number of carbonyl (C=O) groups is 3. The molecule has 6 N–H and O–H groups in total. The van der Waals surface area contributed by atoms with Crippen LogP contribution in [0.4, 0.5) is 51.0 Å². The second kappa shape index (κ2) is 38.5. The average molecular weight is 1380 g/mol. The normalized spacial score (nSPS) is 14.4. The van der Waals surface area contributed by atoms with E-state index >= 15 is 0 Å². The van der Waals surface area contributed by atoms with Crippen LogP contribution in [0, 0.1) is 20.2 Å². The standard InChI is InChI=1S/C23H32N6O6.C22H29N5O3.C21H26N6O4S.FH.H2/c1-3-34-19(30)16-28(15-18-8-6-7-17(13-18)14-27-9-4-5-10-27)22-20(29(31)32)21(24)25-23(26-22)35-12-11-33-2;1-29-9-10-30-22-24-20(23)19-12-18(28)15-27(21(19)25-22)14-17-6-4-5-16(11-17)13-26-7-2-3-8-26;1-2-31-18(28)13-26(21-19(27(29)30)20(22)23-17(14-32)24-21)12-16-7-5-6-15(10-16)11-25-8-3-4-9-25;;/h6-8,13H,3-5,9-12,14-16H2,1-2H3,(H2,24,25,26);4-6,11H,2-3,7-10,12-15H2,1H3,(H2,23,24,25);5-7,10,14H,2-4,8-9,11-13H2,1H3,(H2,22,23,24);2*1H/i;;;;1+1. The zero-order chi connectivity index (χ0) is 69.2. The minimum absolute atomic E-state index is 0. The van der Waals surface area contributed by atoms with E-state index in [1.54, 1.807) is 21.0 Å². The van der Waals surface area contributed by atoms with Gasteiger partial charge in [0.25, 0.3) is 0 Å². The number of likely N-dealkylation sites (tertiary alicyclic amines) is 3. The number of hydrogen-bond donors (Lipinski definition) is 3. The summed E-state index contributed by atoms with van der Waals surface area (Å²) >= 11 is 4.89. The summed E-state index contributed by atoms with van der Waals surface area (Å²) in [6.45, 7) is 14.9. The maximum Gasteiger partial charge on any atom is 0.353 e. The van der Waals surface area contributed by atoms with E-state index in [1.165, 1.54) is 79.5 Å². The van der Waals surface area contributed by atoms with Crippen molar-refractivity contribution < 1.29 is 58.8 Å². The predicted molar refractivity (Wildman–Crippen MR) is 373 cm³/mol. The van der Waals surface area contributed by atoms with E-state index in [-0.39, 0.29) is 112 Å². The molecule has 0 radical (unpaired) electrons. The summed E-state index contributed by atoms with van der Waals surface area (Å²) in [6.07, 6.45) is 7.61. The van der Waals surface area contributed by atoms with Gasteiger partial charge in [-0.3, -0.25) is 54.0 Å². The van der Waals surface area contributed by atoms with Gasteiger partial charge in [-0.2, -0.15) is 19.9 Å². The monoisotopic (exact) mass is 1380 g/mol. The smallest absolute Gasteiger partial charge is 0.353 e. The Labute approximate surface area is 575 Å². The Bertz CT molecular complexity index is 3670. The van der Waals surface area contributed by atoms with Gasteiger partial charge in [0.1, 0.15) is 37.9 Å². The van der Waals surface area contributed by atoms with Gasteiger partial charge in [-0.1, -0.05) is 85.0 Å². The quantitative estimate of drug-likeness (QED) is 0.0132. The number of ketones is 1. The third-order valence-electron chi connectivity index (χ3n) is 16.1. The number of carbonyl (C=O) groups excluding carboxylic acids is 3. The molecular weight excluding hydrogens is 1290 g/mol. The van der Waals surface area contributed by atoms with Crippen LogP contribution >= 0.6 is 12.2 Å². The maximum absolute atomic E-state index is 12.4. The summed E-state index contributed by atoms with van der Waals surface area (Å²) in [5.41, 5.74) is 24.0. The van der Waals surface area contributed by atoms with Crippen LogP contribution in [0.25, 0.3) is 0 Å². The van der Waals surface area contributed by atoms with E-state index in [9.17, 15) is 34.6 Å². The molecule has 3 fully saturated rings. The number of hydrogen-bond acceptors (Lipinski definition) is 29. The van der Waals surface area contributed by atoms with Gasteiger partial charge in [0, 0.05) is 72.3 Å². The lowest BCUT2D eigenvalue weighted by molar-refractivity contribution is -0.383. The predicted octanol–water partition coefficient (Wildman–Crippen LogP) is 6.85. The largest absolute Gasteiger partial charge is 0.465 e. The van der Waals surface area contributed by atoms with Crippen LogP contribution < -0.4 is 41.4 Å². The molecule has 0 aliphatic carbocycles. The number of nitro groups is 2. The molecule has 0 amide bonds. The zero-order valence-corrected chi connectivity index (χ0v) is 56.7. The maximum atomic E-state index is 12.4. The van der Waals surface area contributed by atoms with Crippen molar-refractivity contribution >= 4 is 81.6 Å². The summed E-state index contributed by atoms with van der Waals surface area (Å²) in [5.74, 6) is -0.784. The first-order valence-corrected chi connectivity index (χ1v) is 32.9. The number of fused-ring (bicyclic) bond motifs is 1. The lowest BCUT2D eigenvalue weighted by Crippen LogP contribution is -2.36. The van der Waals surface area contributed by atoms with E-state index in [0.29, 0.717) is 43.5 Å². The molecule has 30 nitrogen and oxygen atoms in total. The van der Waals surface area contributed by atoms with Gasteiger partial charge in [0.2, 0.25) is 23.3 Å². The molecule has 3 saturated heterocycles. The number of anilines is 6. The Kier molecular flexibility index (Phi) is 29.8. The Balaban J connectivity index is 0.000000232. The fraction of sp³-hybridized carbons (Fsp3) is 0.485. The Morgan fingerprint density at radius 1 is 0.582 bits per heavy atom. The van der Waals surface area contributed by atoms with E-state index in [4.69, 9.17) is 57.8 Å². The molecule has 0 bridgehead atoms. The van der Waals surface area contributed by atoms with Crippen molar-refractivity contribution in [3.05, 3.63) is 138 Å². The summed E-state index contributed by atoms with van der Waals surface area (Å²) in [5, 5.41) is 24.8. The van der Waals surface area contributed by atoms with Gasteiger partial charge in [-0.05, 0) is 125 Å². The van der Waals surface area contributed by atoms with Crippen LogP contribution in [0.5, 0.6) is 12.0 Å². The van der Waals surface area contributed by atoms with Crippen LogP contribution in [0.2, 0.25) is 0 Å². The summed E-state index contributed by atoms with van der Waals surface area (Å²) in [6, 6.07) is 24.5. The number of ether oxygens (including phenoxy) is 6. The highest BCUT2D eigenvalue weighted by atomic mass is 32.1. The SMILES string of the molecule is CCOC(=O)CN(Cc1cccc(CN2CCCC2)c1)c1nc(C=S)nc(N)c1[N+](=O)[O-].CCOC(=O)CN(Cc1cccc(CN2CCCC2)c1)c1nc(OCCOC)nc(N)c1[N+](=O)[O-].COCCOc1nc(N)c2c(n1)N(Cc1cccc(CN3CCCC3)c1)CC(=O)C2.F.[2HH]. The minimum atomic E-state index is -0.661. The fourth-order valence-corrected chi connectivity index (χ4v) is 11.9. The zero-order valence-electron chi connectivity index (χ0n) is 55.9. The third kappa shape index (κ3) is 22.6. The van der Waals surface area contributed by atoms with Gasteiger partial charge < -0.3 is 60.3 Å². The number of nitrogens with zero attached hydrogens (tertiary/aromatic N) is 14. The van der Waals surface area contributed by atoms with Crippen molar-refractivity contribution in [1.29, 1.82) is 0 Å². The molecule has 4 aliphatic rings. The molecule has 32 heteroatoms. The number of thiocarbonyl (C=S) groups is 1. The first-order valence-electron chi connectivity index (χ1n) is 32.4. The number of aromatic nitrogens is 6. The van der Waals surface area contributed by atoms with Crippen LogP contribution in [-0.4, -0.2) is 190 Å². The molecular formula is C66H90FN17O13S. The number of methoxy groups -OCH3 is 2. The highest BCUT2D eigenvalue weighted by Crippen LogP contribution is 2.36. The number of benzene rings is 3. The van der Waals surface area contributed by atoms with Gasteiger partial charge in [0.05, 0.1) is 42.8 Å². The molecule has 6 aromatic rings. The fourth-order valence-electron chi connectivity index (χ4n) is 11.8. The number of nitrogens with two attached hydrogens (primary N) is 3. The van der Waals surface area contributed by atoms with Gasteiger partial charge in [-0.15, -0.1) is 0 Å². The molecule has 0 spiro atoms. The molecule has 3 aromatic carbocycles. The minimum Gasteiger partial charge on any atom is -0.465 e. The van der Waals surface area contributed by atoms with E-state index in [2.05, 4.69) is 68.9 Å². The number of rotatable bonds is 31. The molecule has 0 saturated carbocycles. The third-order valence-corrected chi connectivity index (χ3v) is 16.3. The van der Waals surface area contributed by atoms with E-state index in [1.807, 2.05) is 53.4 Å². The molecule has 98 heavy (non-hydrogen) atoms. The highest BCUT2D eigenvalue weighted by molar-refractivity contribution is 7.79. The molecule has 7 heterocycles. The molecule has 3 aromatic heterocycles. The van der Waals surface area contributed by atoms with Crippen molar-refractivity contribution in [2.45, 2.75) is 98.1 Å². The van der Waals surface area contributed by atoms with Crippen molar-refractivity contribution in [2.75, 3.05) is 145 Å². The van der Waals surface area contributed by atoms with Gasteiger partial charge in [0.15, 0.2) is 11.6 Å². The lowest BCUT2D eigenvalue weighted by atomic mass is 10.0. The number of halogens is 1. The van der Waals surface area contributed by atoms with E-state index < -0.39 is 33.2 Å². The van der Waals surface area contributed by atoms with Crippen molar-refractivity contribution in [3.63, 3.8) is 0 Å². The summed E-state index contributed by atoms with van der Waals surface area (Å²) < 4.78 is 31.2. The molecule has 4 aliphatic heterocycles. The second-order valence-corrected chi connectivity index (χ2v) is 23.8. The van der Waals surface area contributed by atoms with Gasteiger partial charge in [-0.25, -0.2) is 9.97 Å². The molecule has 0 atom stereocenters. The number of esters is 2. The van der Waals surface area contributed by atoms with Crippen LogP contribution in [0.15, 0.2) is 72.8 Å². The first kappa shape index (κ1) is 75.9. The van der Waals surface area contributed by atoms with Gasteiger partial charge >= 0.3 is 35.3 Å². The van der Waals surface area contributed by atoms with E-state index in [0.717, 1.165) is 73.6 Å². The topological polar surface area (TPSA) is 368 Å². The van der Waals surface area contributed by atoms with Crippen LogP contribution in [-0.2, 0) is 79.0 Å². The van der Waals surface area contributed by atoms with Crippen molar-refractivity contribution in [2.24, 2.45) is 0 Å². The highest BCUT2D eigenvalue weighted by Gasteiger charge is 2.33. The number of nitrogen functional groups attached to an aromatic ring is 3. The Hall–Kier alpha value is -9.47. The first-order chi connectivity index (χ1) is 46.9. The summed E-state index contributed by atoms with van der Waals surface area (Å²) in [7, 11) is 3.12. The van der Waals surface area contributed by atoms with Crippen LogP contribution in [0.1, 0.15) is 98.6 Å². The van der Waals surface area contributed by atoms with Crippen molar-refractivity contribution in [1.82, 2.24) is 44.6 Å². The molecule has 530 valence electrons. The van der Waals surface area contributed by atoms with Crippen molar-refractivity contribution in [3.8, 4) is 12.0 Å². The molecule has 10 rings (SSSR count). The lowest BCUT2D eigenvalue weighted by Gasteiger charge is -2.30.